The molecule has 0 aliphatic heterocycles. The van der Waals surface area contributed by atoms with Crippen LogP contribution in [0, 0.1) is 0 Å². The normalized spacial score (nSPS) is 11.1. The summed E-state index contributed by atoms with van der Waals surface area (Å²) in [5.41, 5.74) is 1.65. The van der Waals surface area contributed by atoms with E-state index in [-0.39, 0.29) is 18.0 Å². The van der Waals surface area contributed by atoms with Gasteiger partial charge in [-0.2, -0.15) is 0 Å². The number of hydrogen-bond donors (Lipinski definition) is 0. The van der Waals surface area contributed by atoms with E-state index in [1.165, 1.54) is 7.11 Å². The van der Waals surface area contributed by atoms with Gasteiger partial charge in [0.05, 0.1) is 13.7 Å². The molecule has 0 radical (unpaired) electrons. The molecule has 0 unspecified atom stereocenters. The highest BCUT2D eigenvalue weighted by atomic mass is 16.6. The van der Waals surface area contributed by atoms with Gasteiger partial charge in [0.1, 0.15) is 5.60 Å². The number of ether oxygens (including phenoxy) is 3. The fraction of sp³-hybridized carbons (Fsp3) is 0.667. The number of hydrogen-bond acceptors (Lipinski definition) is 6. The maximum absolute atomic E-state index is 12.8. The predicted molar refractivity (Wildman–Crippen MR) is 132 cm³/mol. The monoisotopic (exact) mass is 477 g/mol. The Labute approximate surface area is 205 Å². The first-order chi connectivity index (χ1) is 16.1. The number of rotatable bonds is 15. The van der Waals surface area contributed by atoms with Gasteiger partial charge in [-0.1, -0.05) is 43.5 Å². The van der Waals surface area contributed by atoms with Crippen molar-refractivity contribution in [1.82, 2.24) is 4.90 Å². The lowest BCUT2D eigenvalue weighted by atomic mass is 10.1. The fourth-order valence-corrected chi connectivity index (χ4v) is 3.47. The zero-order chi connectivity index (χ0) is 25.4. The molecule has 7 nitrogen and oxygen atoms in total. The van der Waals surface area contributed by atoms with Crippen LogP contribution in [0.5, 0.6) is 0 Å². The van der Waals surface area contributed by atoms with E-state index < -0.39 is 5.60 Å². The molecule has 0 saturated carbocycles. The van der Waals surface area contributed by atoms with E-state index in [9.17, 15) is 14.4 Å². The molecule has 0 aliphatic rings. The van der Waals surface area contributed by atoms with Gasteiger partial charge in [-0.15, -0.1) is 0 Å². The Hall–Kier alpha value is -2.57. The van der Waals surface area contributed by atoms with E-state index in [2.05, 4.69) is 16.9 Å². The van der Waals surface area contributed by atoms with Gasteiger partial charge in [0.25, 0.3) is 0 Å². The first-order valence-electron chi connectivity index (χ1n) is 12.4. The molecule has 0 fully saturated rings. The molecular formula is C27H43NO6. The molecule has 1 aromatic carbocycles. The van der Waals surface area contributed by atoms with Crippen LogP contribution >= 0.6 is 0 Å². The van der Waals surface area contributed by atoms with Crippen molar-refractivity contribution in [3.8, 4) is 0 Å². The van der Waals surface area contributed by atoms with Crippen molar-refractivity contribution in [2.24, 2.45) is 0 Å². The van der Waals surface area contributed by atoms with Crippen molar-refractivity contribution in [3.63, 3.8) is 0 Å². The lowest BCUT2D eigenvalue weighted by molar-refractivity contribution is -0.143. The highest BCUT2D eigenvalue weighted by Crippen LogP contribution is 2.16. The quantitative estimate of drug-likeness (QED) is 0.180. The molecule has 1 rings (SSSR count). The number of esters is 2. The summed E-state index contributed by atoms with van der Waals surface area (Å²) in [7, 11) is 1.41. The van der Waals surface area contributed by atoms with Crippen molar-refractivity contribution in [2.45, 2.75) is 97.6 Å². The standard InChI is InChI=1S/C27H43NO6/c1-6-33-25(30)15-12-13-22-16-18-23(19-17-22)21-28(26(31)34-27(2,3)4)20-11-9-7-8-10-14-24(29)32-5/h16-19H,6-15,20-21H2,1-5H3. The summed E-state index contributed by atoms with van der Waals surface area (Å²) in [4.78, 5) is 37.2. The highest BCUT2D eigenvalue weighted by Gasteiger charge is 2.22. The minimum absolute atomic E-state index is 0.157. The van der Waals surface area contributed by atoms with Gasteiger partial charge in [-0.25, -0.2) is 4.79 Å². The van der Waals surface area contributed by atoms with Crippen LogP contribution in [0.4, 0.5) is 4.79 Å². The van der Waals surface area contributed by atoms with Gasteiger partial charge in [0, 0.05) is 25.9 Å². The minimum atomic E-state index is -0.550. The molecule has 7 heteroatoms. The summed E-state index contributed by atoms with van der Waals surface area (Å²) < 4.78 is 15.2. The molecule has 0 aromatic heterocycles. The van der Waals surface area contributed by atoms with Crippen LogP contribution in [0.25, 0.3) is 0 Å². The van der Waals surface area contributed by atoms with Crippen LogP contribution < -0.4 is 0 Å². The number of methoxy groups -OCH3 is 1. The Balaban J connectivity index is 2.55. The molecule has 192 valence electrons. The summed E-state index contributed by atoms with van der Waals surface area (Å²) in [5, 5.41) is 0. The lowest BCUT2D eigenvalue weighted by Gasteiger charge is -2.27. The van der Waals surface area contributed by atoms with Gasteiger partial charge < -0.3 is 19.1 Å². The van der Waals surface area contributed by atoms with Gasteiger partial charge in [-0.3, -0.25) is 9.59 Å². The first kappa shape index (κ1) is 29.5. The van der Waals surface area contributed by atoms with Crippen LogP contribution in [0.3, 0.4) is 0 Å². The van der Waals surface area contributed by atoms with E-state index in [4.69, 9.17) is 9.47 Å². The van der Waals surface area contributed by atoms with E-state index in [1.807, 2.05) is 39.8 Å². The Kier molecular flexibility index (Phi) is 14.0. The maximum Gasteiger partial charge on any atom is 0.410 e. The van der Waals surface area contributed by atoms with Crippen LogP contribution in [0.2, 0.25) is 0 Å². The number of carbonyl (C=O) groups excluding carboxylic acids is 3. The fourth-order valence-electron chi connectivity index (χ4n) is 3.47. The van der Waals surface area contributed by atoms with Crippen LogP contribution in [-0.4, -0.2) is 48.8 Å². The average Bonchev–Trinajstić information content (AvgIpc) is 2.77. The van der Waals surface area contributed by atoms with Crippen molar-refractivity contribution in [3.05, 3.63) is 35.4 Å². The van der Waals surface area contributed by atoms with Crippen molar-refractivity contribution in [1.29, 1.82) is 0 Å². The summed E-state index contributed by atoms with van der Waals surface area (Å²) >= 11 is 0. The smallest absolute Gasteiger partial charge is 0.410 e. The number of unbranched alkanes of at least 4 members (excludes halogenated alkanes) is 4. The van der Waals surface area contributed by atoms with Crippen LogP contribution in [-0.2, 0) is 36.8 Å². The third-order valence-corrected chi connectivity index (χ3v) is 5.24. The molecule has 0 bridgehead atoms. The molecule has 0 heterocycles. The molecule has 34 heavy (non-hydrogen) atoms. The number of nitrogens with zero attached hydrogens (tertiary/aromatic N) is 1. The minimum Gasteiger partial charge on any atom is -0.469 e. The Morgan fingerprint density at radius 1 is 0.824 bits per heavy atom. The lowest BCUT2D eigenvalue weighted by Crippen LogP contribution is -2.37. The topological polar surface area (TPSA) is 82.1 Å². The van der Waals surface area contributed by atoms with E-state index >= 15 is 0 Å². The summed E-state index contributed by atoms with van der Waals surface area (Å²) in [6, 6.07) is 8.16. The predicted octanol–water partition coefficient (Wildman–Crippen LogP) is 5.82. The second-order valence-electron chi connectivity index (χ2n) is 9.47. The molecule has 0 saturated heterocycles. The Morgan fingerprint density at radius 2 is 1.41 bits per heavy atom. The molecule has 1 aromatic rings. The largest absolute Gasteiger partial charge is 0.469 e. The number of benzene rings is 1. The van der Waals surface area contributed by atoms with Gasteiger partial charge in [0.2, 0.25) is 0 Å². The van der Waals surface area contributed by atoms with Gasteiger partial charge in [-0.05, 0) is 64.5 Å². The molecular weight excluding hydrogens is 434 g/mol. The van der Waals surface area contributed by atoms with E-state index in [1.54, 1.807) is 4.90 Å². The van der Waals surface area contributed by atoms with Crippen molar-refractivity contribution in [2.75, 3.05) is 20.3 Å². The van der Waals surface area contributed by atoms with Gasteiger partial charge in [0.15, 0.2) is 0 Å². The van der Waals surface area contributed by atoms with E-state index in [0.717, 1.165) is 56.1 Å². The first-order valence-corrected chi connectivity index (χ1v) is 12.4. The molecule has 0 atom stereocenters. The Bertz CT molecular complexity index is 738. The molecule has 1 amide bonds. The summed E-state index contributed by atoms with van der Waals surface area (Å²) in [6.45, 7) is 8.94. The maximum atomic E-state index is 12.8. The van der Waals surface area contributed by atoms with Crippen LogP contribution in [0.1, 0.15) is 90.2 Å². The van der Waals surface area contributed by atoms with Gasteiger partial charge >= 0.3 is 18.0 Å². The third kappa shape index (κ3) is 13.9. The van der Waals surface area contributed by atoms with Crippen molar-refractivity contribution < 1.29 is 28.6 Å². The summed E-state index contributed by atoms with van der Waals surface area (Å²) in [5.74, 6) is -0.322. The highest BCUT2D eigenvalue weighted by molar-refractivity contribution is 5.69. The second-order valence-corrected chi connectivity index (χ2v) is 9.47. The molecule has 0 spiro atoms. The SMILES string of the molecule is CCOC(=O)CCCc1ccc(CN(CCCCCCCC(=O)OC)C(=O)OC(C)(C)C)cc1. The van der Waals surface area contributed by atoms with Crippen LogP contribution in [0.15, 0.2) is 24.3 Å². The zero-order valence-electron chi connectivity index (χ0n) is 21.7. The number of aryl methyl sites for hydroxylation is 1. The average molecular weight is 478 g/mol. The summed E-state index contributed by atoms with van der Waals surface area (Å²) in [6.07, 6.45) is 6.81. The molecule has 0 aliphatic carbocycles. The molecule has 0 N–H and O–H groups in total. The number of amides is 1. The van der Waals surface area contributed by atoms with Crippen molar-refractivity contribution >= 4 is 18.0 Å². The Morgan fingerprint density at radius 3 is 2.03 bits per heavy atom. The third-order valence-electron chi connectivity index (χ3n) is 5.24. The second kappa shape index (κ2) is 16.1. The van der Waals surface area contributed by atoms with E-state index in [0.29, 0.717) is 32.5 Å². The number of carbonyl (C=O) groups is 3. The zero-order valence-corrected chi connectivity index (χ0v) is 21.7.